The van der Waals surface area contributed by atoms with E-state index in [4.69, 9.17) is 14.7 Å². The van der Waals surface area contributed by atoms with E-state index < -0.39 is 0 Å². The van der Waals surface area contributed by atoms with Crippen LogP contribution in [0.1, 0.15) is 44.1 Å². The number of methoxy groups -OCH3 is 1. The van der Waals surface area contributed by atoms with Crippen molar-refractivity contribution in [2.75, 3.05) is 48.5 Å². The van der Waals surface area contributed by atoms with Crippen LogP contribution >= 0.6 is 0 Å². The molecular weight excluding hydrogens is 380 g/mol. The number of nitrogens with one attached hydrogen (secondary N) is 1. The minimum absolute atomic E-state index is 0.107. The van der Waals surface area contributed by atoms with E-state index in [-0.39, 0.29) is 5.75 Å². The Morgan fingerprint density at radius 1 is 0.967 bits per heavy atom. The number of aromatic nitrogens is 2. The van der Waals surface area contributed by atoms with Crippen LogP contribution in [0, 0.1) is 0 Å². The number of nitrogens with zero attached hydrogens (tertiary/aromatic N) is 5. The molecule has 1 aromatic heterocycles. The van der Waals surface area contributed by atoms with Gasteiger partial charge in [-0.3, -0.25) is 5.43 Å². The van der Waals surface area contributed by atoms with Gasteiger partial charge in [0, 0.05) is 32.2 Å². The summed E-state index contributed by atoms with van der Waals surface area (Å²) < 4.78 is 5.15. The van der Waals surface area contributed by atoms with Crippen molar-refractivity contribution >= 4 is 23.8 Å². The predicted octanol–water partition coefficient (Wildman–Crippen LogP) is 3.62. The van der Waals surface area contributed by atoms with Crippen molar-refractivity contribution in [2.45, 2.75) is 38.5 Å². The first kappa shape index (κ1) is 20.3. The lowest BCUT2D eigenvalue weighted by Gasteiger charge is -2.31. The first-order chi connectivity index (χ1) is 14.7. The Labute approximate surface area is 177 Å². The molecule has 1 aromatic carbocycles. The molecule has 2 aromatic rings. The normalized spacial score (nSPS) is 17.4. The summed E-state index contributed by atoms with van der Waals surface area (Å²) in [7, 11) is 1.53. The fraction of sp³-hybridized carbons (Fsp3) is 0.500. The number of phenols is 1. The third-order valence-electron chi connectivity index (χ3n) is 5.62. The van der Waals surface area contributed by atoms with Crippen LogP contribution in [-0.4, -0.2) is 54.6 Å². The summed E-state index contributed by atoms with van der Waals surface area (Å²) in [6.07, 6.45) is 9.01. The molecule has 3 heterocycles. The molecule has 4 rings (SSSR count). The Hall–Kier alpha value is -3.03. The molecule has 0 amide bonds. The van der Waals surface area contributed by atoms with Gasteiger partial charge in [-0.05, 0) is 62.3 Å². The molecule has 0 spiro atoms. The zero-order chi connectivity index (χ0) is 20.8. The standard InChI is InChI=1S/C22H30N6O2/c1-30-19-14-17(8-9-18(19)29)16-23-26-20-15-21(27-10-4-2-5-11-27)25-22(24-20)28-12-6-3-7-13-28/h8-9,14-16,29H,2-7,10-13H2,1H3,(H,24,25,26)/b23-16-. The Kier molecular flexibility index (Phi) is 6.51. The van der Waals surface area contributed by atoms with E-state index in [0.717, 1.165) is 43.5 Å². The molecule has 0 saturated carbocycles. The van der Waals surface area contributed by atoms with Crippen LogP contribution in [0.4, 0.5) is 17.6 Å². The number of ether oxygens (including phenoxy) is 1. The third-order valence-corrected chi connectivity index (χ3v) is 5.62. The van der Waals surface area contributed by atoms with E-state index in [1.165, 1.54) is 45.6 Å². The van der Waals surface area contributed by atoms with Crippen molar-refractivity contribution in [3.63, 3.8) is 0 Å². The first-order valence-electron chi connectivity index (χ1n) is 10.8. The summed E-state index contributed by atoms with van der Waals surface area (Å²) in [6, 6.07) is 7.08. The third kappa shape index (κ3) is 4.93. The molecule has 0 radical (unpaired) electrons. The van der Waals surface area contributed by atoms with Gasteiger partial charge in [0.05, 0.1) is 13.3 Å². The molecule has 160 valence electrons. The fourth-order valence-electron chi connectivity index (χ4n) is 3.95. The van der Waals surface area contributed by atoms with E-state index >= 15 is 0 Å². The van der Waals surface area contributed by atoms with Crippen LogP contribution < -0.4 is 20.0 Å². The van der Waals surface area contributed by atoms with Crippen LogP contribution in [0.15, 0.2) is 29.4 Å². The fourth-order valence-corrected chi connectivity index (χ4v) is 3.95. The molecule has 8 heteroatoms. The maximum absolute atomic E-state index is 9.74. The predicted molar refractivity (Wildman–Crippen MR) is 120 cm³/mol. The van der Waals surface area contributed by atoms with Crippen molar-refractivity contribution < 1.29 is 9.84 Å². The van der Waals surface area contributed by atoms with Gasteiger partial charge in [-0.2, -0.15) is 15.1 Å². The van der Waals surface area contributed by atoms with E-state index in [9.17, 15) is 5.11 Å². The highest BCUT2D eigenvalue weighted by Gasteiger charge is 2.19. The number of aromatic hydroxyl groups is 1. The lowest BCUT2D eigenvalue weighted by atomic mass is 10.1. The topological polar surface area (TPSA) is 86.1 Å². The minimum Gasteiger partial charge on any atom is -0.504 e. The van der Waals surface area contributed by atoms with Crippen molar-refractivity contribution in [1.29, 1.82) is 0 Å². The van der Waals surface area contributed by atoms with E-state index in [1.807, 2.05) is 6.07 Å². The number of anilines is 3. The van der Waals surface area contributed by atoms with Crippen molar-refractivity contribution in [3.8, 4) is 11.5 Å². The molecule has 0 atom stereocenters. The van der Waals surface area contributed by atoms with Crippen molar-refractivity contribution in [2.24, 2.45) is 5.10 Å². The van der Waals surface area contributed by atoms with Crippen LogP contribution in [0.3, 0.4) is 0 Å². The van der Waals surface area contributed by atoms with Crippen molar-refractivity contribution in [1.82, 2.24) is 9.97 Å². The monoisotopic (exact) mass is 410 g/mol. The summed E-state index contributed by atoms with van der Waals surface area (Å²) in [5.74, 6) is 2.96. The SMILES string of the molecule is COc1cc(/C=N\Nc2cc(N3CCCCC3)nc(N3CCCCC3)n2)ccc1O. The highest BCUT2D eigenvalue weighted by molar-refractivity contribution is 5.81. The maximum Gasteiger partial charge on any atom is 0.229 e. The van der Waals surface area contributed by atoms with Crippen LogP contribution in [0.2, 0.25) is 0 Å². The van der Waals surface area contributed by atoms with Gasteiger partial charge in [-0.25, -0.2) is 0 Å². The van der Waals surface area contributed by atoms with E-state index in [1.54, 1.807) is 24.4 Å². The molecule has 2 aliphatic rings. The molecule has 0 unspecified atom stereocenters. The number of hydrogen-bond acceptors (Lipinski definition) is 8. The second kappa shape index (κ2) is 9.65. The van der Waals surface area contributed by atoms with Crippen molar-refractivity contribution in [3.05, 3.63) is 29.8 Å². The van der Waals surface area contributed by atoms with Gasteiger partial charge in [0.2, 0.25) is 5.95 Å². The average molecular weight is 411 g/mol. The maximum atomic E-state index is 9.74. The van der Waals surface area contributed by atoms with Crippen LogP contribution in [0.25, 0.3) is 0 Å². The molecular formula is C22H30N6O2. The number of hydrazone groups is 1. The number of piperidine rings is 2. The highest BCUT2D eigenvalue weighted by Crippen LogP contribution is 2.26. The summed E-state index contributed by atoms with van der Waals surface area (Å²) >= 11 is 0. The number of benzene rings is 1. The van der Waals surface area contributed by atoms with Gasteiger partial charge in [-0.1, -0.05) is 0 Å². The van der Waals surface area contributed by atoms with Gasteiger partial charge in [0.15, 0.2) is 17.3 Å². The molecule has 0 bridgehead atoms. The Bertz CT molecular complexity index is 840. The van der Waals surface area contributed by atoms with E-state index in [2.05, 4.69) is 20.3 Å². The van der Waals surface area contributed by atoms with Gasteiger partial charge in [0.1, 0.15) is 5.82 Å². The molecule has 0 aliphatic carbocycles. The molecule has 2 N–H and O–H groups in total. The zero-order valence-electron chi connectivity index (χ0n) is 17.5. The second-order valence-electron chi connectivity index (χ2n) is 7.81. The lowest BCUT2D eigenvalue weighted by molar-refractivity contribution is 0.373. The second-order valence-corrected chi connectivity index (χ2v) is 7.81. The lowest BCUT2D eigenvalue weighted by Crippen LogP contribution is -2.33. The minimum atomic E-state index is 0.107. The smallest absolute Gasteiger partial charge is 0.229 e. The summed E-state index contributed by atoms with van der Waals surface area (Å²) in [5.41, 5.74) is 3.88. The van der Waals surface area contributed by atoms with Crippen LogP contribution in [-0.2, 0) is 0 Å². The molecule has 2 aliphatic heterocycles. The van der Waals surface area contributed by atoms with Gasteiger partial charge in [-0.15, -0.1) is 0 Å². The average Bonchev–Trinajstić information content (AvgIpc) is 2.81. The summed E-state index contributed by atoms with van der Waals surface area (Å²) in [4.78, 5) is 14.2. The Balaban J connectivity index is 1.54. The number of hydrogen-bond donors (Lipinski definition) is 2. The molecule has 30 heavy (non-hydrogen) atoms. The number of phenolic OH excluding ortho intramolecular Hbond substituents is 1. The quantitative estimate of drug-likeness (QED) is 0.556. The largest absolute Gasteiger partial charge is 0.504 e. The number of rotatable bonds is 6. The zero-order valence-corrected chi connectivity index (χ0v) is 17.5. The molecule has 2 saturated heterocycles. The summed E-state index contributed by atoms with van der Waals surface area (Å²) in [5, 5.41) is 14.1. The molecule has 8 nitrogen and oxygen atoms in total. The summed E-state index contributed by atoms with van der Waals surface area (Å²) in [6.45, 7) is 4.07. The first-order valence-corrected chi connectivity index (χ1v) is 10.8. The Morgan fingerprint density at radius 2 is 1.67 bits per heavy atom. The van der Waals surface area contributed by atoms with Gasteiger partial charge in [0.25, 0.3) is 0 Å². The Morgan fingerprint density at radius 3 is 2.37 bits per heavy atom. The van der Waals surface area contributed by atoms with Gasteiger partial charge < -0.3 is 19.6 Å². The van der Waals surface area contributed by atoms with E-state index in [0.29, 0.717) is 11.6 Å². The van der Waals surface area contributed by atoms with Gasteiger partial charge >= 0.3 is 0 Å². The molecule has 2 fully saturated rings. The van der Waals surface area contributed by atoms with Crippen LogP contribution in [0.5, 0.6) is 11.5 Å². The highest BCUT2D eigenvalue weighted by atomic mass is 16.5.